The Bertz CT molecular complexity index is 412. The molecule has 0 saturated heterocycles. The summed E-state index contributed by atoms with van der Waals surface area (Å²) in [5, 5.41) is 9.20. The van der Waals surface area contributed by atoms with E-state index in [-0.39, 0.29) is 6.10 Å². The molecule has 1 aliphatic rings. The fraction of sp³-hybridized carbons (Fsp3) is 0.636. The molecule has 1 atom stereocenters. The molecule has 0 bridgehead atoms. The van der Waals surface area contributed by atoms with Gasteiger partial charge in [-0.05, 0) is 12.8 Å². The molecule has 2 heterocycles. The third-order valence-electron chi connectivity index (χ3n) is 3.07. The van der Waals surface area contributed by atoms with Crippen LogP contribution in [0.4, 0.5) is 0 Å². The number of hydrogen-bond acceptors (Lipinski definition) is 3. The maximum Gasteiger partial charge on any atom is 0.354 e. The van der Waals surface area contributed by atoms with Crippen molar-refractivity contribution in [2.24, 2.45) is 0 Å². The highest BCUT2D eigenvalue weighted by atomic mass is 16.5. The predicted octanol–water partition coefficient (Wildman–Crippen LogP) is 1.10. The van der Waals surface area contributed by atoms with E-state index in [1.54, 1.807) is 11.7 Å². The van der Waals surface area contributed by atoms with Crippen molar-refractivity contribution in [2.45, 2.75) is 38.8 Å². The molecule has 0 unspecified atom stereocenters. The Morgan fingerprint density at radius 3 is 3.00 bits per heavy atom. The van der Waals surface area contributed by atoms with Crippen LogP contribution in [0.1, 0.15) is 35.4 Å². The van der Waals surface area contributed by atoms with Gasteiger partial charge in [-0.3, -0.25) is 0 Å². The number of carboxylic acid groups (broad SMARTS) is 1. The number of carboxylic acids is 1. The van der Waals surface area contributed by atoms with E-state index in [2.05, 4.69) is 4.98 Å². The molecule has 0 aromatic carbocycles. The molecule has 5 heteroatoms. The first kappa shape index (κ1) is 11.1. The monoisotopic (exact) mass is 224 g/mol. The average molecular weight is 224 g/mol. The number of aromatic nitrogens is 2. The Hall–Kier alpha value is -1.36. The number of imidazole rings is 1. The Kier molecular flexibility index (Phi) is 2.96. The zero-order chi connectivity index (χ0) is 11.7. The van der Waals surface area contributed by atoms with Crippen LogP contribution in [-0.4, -0.2) is 33.8 Å². The lowest BCUT2D eigenvalue weighted by atomic mass is 10.1. The van der Waals surface area contributed by atoms with E-state index in [0.717, 1.165) is 18.7 Å². The van der Waals surface area contributed by atoms with E-state index >= 15 is 0 Å². The lowest BCUT2D eigenvalue weighted by Crippen LogP contribution is -2.28. The van der Waals surface area contributed by atoms with Gasteiger partial charge in [0.2, 0.25) is 0 Å². The van der Waals surface area contributed by atoms with Gasteiger partial charge in [-0.25, -0.2) is 9.78 Å². The first-order valence-electron chi connectivity index (χ1n) is 5.51. The lowest BCUT2D eigenvalue weighted by molar-refractivity contribution is 0.0613. The second-order valence-electron chi connectivity index (χ2n) is 3.99. The van der Waals surface area contributed by atoms with Crippen molar-refractivity contribution in [3.63, 3.8) is 0 Å². The Morgan fingerprint density at radius 1 is 1.69 bits per heavy atom. The van der Waals surface area contributed by atoms with Gasteiger partial charge in [0.25, 0.3) is 0 Å². The zero-order valence-corrected chi connectivity index (χ0v) is 9.56. The van der Waals surface area contributed by atoms with Crippen LogP contribution in [0.15, 0.2) is 0 Å². The molecule has 2 rings (SSSR count). The highest BCUT2D eigenvalue weighted by Crippen LogP contribution is 2.21. The number of aromatic carboxylic acids is 1. The van der Waals surface area contributed by atoms with Crippen molar-refractivity contribution in [1.82, 2.24) is 9.55 Å². The van der Waals surface area contributed by atoms with Gasteiger partial charge in [-0.2, -0.15) is 0 Å². The molecule has 0 saturated carbocycles. The van der Waals surface area contributed by atoms with Crippen molar-refractivity contribution in [3.05, 3.63) is 17.2 Å². The van der Waals surface area contributed by atoms with Crippen molar-refractivity contribution in [2.75, 3.05) is 7.11 Å². The number of hydrogen-bond donors (Lipinski definition) is 1. The smallest absolute Gasteiger partial charge is 0.354 e. The molecule has 0 aliphatic carbocycles. The largest absolute Gasteiger partial charge is 0.477 e. The lowest BCUT2D eigenvalue weighted by Gasteiger charge is -2.23. The molecule has 88 valence electrons. The highest BCUT2D eigenvalue weighted by Gasteiger charge is 2.27. The molecule has 0 radical (unpaired) electrons. The molecule has 1 aromatic rings. The molecule has 1 aromatic heterocycles. The van der Waals surface area contributed by atoms with Crippen molar-refractivity contribution < 1.29 is 14.6 Å². The van der Waals surface area contributed by atoms with Crippen LogP contribution >= 0.6 is 0 Å². The fourth-order valence-corrected chi connectivity index (χ4v) is 2.20. The van der Waals surface area contributed by atoms with Crippen LogP contribution in [0.25, 0.3) is 0 Å². The van der Waals surface area contributed by atoms with Gasteiger partial charge in [-0.15, -0.1) is 0 Å². The summed E-state index contributed by atoms with van der Waals surface area (Å²) in [5.41, 5.74) is 1.01. The minimum Gasteiger partial charge on any atom is -0.477 e. The summed E-state index contributed by atoms with van der Waals surface area (Å²) in [6.07, 6.45) is 2.46. The number of methoxy groups -OCH3 is 1. The normalized spacial score (nSPS) is 19.5. The van der Waals surface area contributed by atoms with E-state index in [1.807, 2.05) is 6.92 Å². The fourth-order valence-electron chi connectivity index (χ4n) is 2.20. The third kappa shape index (κ3) is 1.71. The van der Waals surface area contributed by atoms with E-state index in [4.69, 9.17) is 4.74 Å². The van der Waals surface area contributed by atoms with E-state index < -0.39 is 5.97 Å². The molecule has 16 heavy (non-hydrogen) atoms. The second-order valence-corrected chi connectivity index (χ2v) is 3.99. The number of fused-ring (bicyclic) bond motifs is 1. The number of carbonyl (C=O) groups is 1. The molecular weight excluding hydrogens is 208 g/mol. The van der Waals surface area contributed by atoms with Crippen LogP contribution in [0, 0.1) is 0 Å². The maximum atomic E-state index is 11.2. The Morgan fingerprint density at radius 2 is 2.44 bits per heavy atom. The van der Waals surface area contributed by atoms with Gasteiger partial charge in [0.15, 0.2) is 5.69 Å². The van der Waals surface area contributed by atoms with Crippen LogP contribution in [0.3, 0.4) is 0 Å². The number of aryl methyl sites for hydroxylation is 2. The van der Waals surface area contributed by atoms with Gasteiger partial charge in [0.05, 0.1) is 18.3 Å². The summed E-state index contributed by atoms with van der Waals surface area (Å²) in [7, 11) is 1.66. The molecule has 5 nitrogen and oxygen atoms in total. The molecule has 0 amide bonds. The summed E-state index contributed by atoms with van der Waals surface area (Å²) in [6, 6.07) is 0. The zero-order valence-electron chi connectivity index (χ0n) is 9.56. The van der Waals surface area contributed by atoms with Crippen LogP contribution < -0.4 is 0 Å². The van der Waals surface area contributed by atoms with E-state index in [0.29, 0.717) is 24.4 Å². The Labute approximate surface area is 94.1 Å². The van der Waals surface area contributed by atoms with Crippen LogP contribution in [0.2, 0.25) is 0 Å². The van der Waals surface area contributed by atoms with E-state index in [1.165, 1.54) is 0 Å². The number of ether oxygens (including phenoxy) is 1. The molecule has 1 N–H and O–H groups in total. The second kappa shape index (κ2) is 4.25. The summed E-state index contributed by atoms with van der Waals surface area (Å²) < 4.78 is 7.07. The third-order valence-corrected chi connectivity index (χ3v) is 3.07. The van der Waals surface area contributed by atoms with E-state index in [9.17, 15) is 9.90 Å². The Balaban J connectivity index is 2.43. The van der Waals surface area contributed by atoms with Gasteiger partial charge < -0.3 is 14.4 Å². The van der Waals surface area contributed by atoms with Crippen molar-refractivity contribution >= 4 is 5.97 Å². The van der Waals surface area contributed by atoms with Crippen LogP contribution in [-0.2, 0) is 24.1 Å². The summed E-state index contributed by atoms with van der Waals surface area (Å²) in [5.74, 6) is -0.0186. The standard InChI is InChI=1S/C11H16N2O3/c1-3-8-10(11(14)15)13-6-7(16-2)4-5-9(13)12-8/h7H,3-6H2,1-2H3,(H,14,15)/t7-/m1/s1. The van der Waals surface area contributed by atoms with Gasteiger partial charge >= 0.3 is 5.97 Å². The summed E-state index contributed by atoms with van der Waals surface area (Å²) in [4.78, 5) is 15.6. The van der Waals surface area contributed by atoms with Crippen LogP contribution in [0.5, 0.6) is 0 Å². The summed E-state index contributed by atoms with van der Waals surface area (Å²) in [6.45, 7) is 2.52. The quantitative estimate of drug-likeness (QED) is 0.835. The predicted molar refractivity (Wildman–Crippen MR) is 57.7 cm³/mol. The van der Waals surface area contributed by atoms with Gasteiger partial charge in [0, 0.05) is 13.5 Å². The summed E-state index contributed by atoms with van der Waals surface area (Å²) >= 11 is 0. The highest BCUT2D eigenvalue weighted by molar-refractivity contribution is 5.87. The minimum absolute atomic E-state index is 0.101. The first-order valence-corrected chi connectivity index (χ1v) is 5.51. The molecule has 0 spiro atoms. The average Bonchev–Trinajstić information content (AvgIpc) is 2.65. The van der Waals surface area contributed by atoms with Gasteiger partial charge in [0.1, 0.15) is 5.82 Å². The molecule has 0 fully saturated rings. The first-order chi connectivity index (χ1) is 7.67. The maximum absolute atomic E-state index is 11.2. The topological polar surface area (TPSA) is 64.4 Å². The van der Waals surface area contributed by atoms with Crippen molar-refractivity contribution in [3.8, 4) is 0 Å². The SMILES string of the molecule is CCc1nc2n(c1C(=O)O)C[C@H](OC)CC2. The molecule has 1 aliphatic heterocycles. The molecular formula is C11H16N2O3. The number of nitrogens with zero attached hydrogens (tertiary/aromatic N) is 2. The van der Waals surface area contributed by atoms with Crippen molar-refractivity contribution in [1.29, 1.82) is 0 Å². The minimum atomic E-state index is -0.896. The number of rotatable bonds is 3. The van der Waals surface area contributed by atoms with Gasteiger partial charge in [-0.1, -0.05) is 6.92 Å².